The van der Waals surface area contributed by atoms with Crippen LogP contribution in [0.15, 0.2) is 42.5 Å². The molecule has 5 rings (SSSR count). The number of halogens is 1. The van der Waals surface area contributed by atoms with Crippen molar-refractivity contribution >= 4 is 40.8 Å². The highest BCUT2D eigenvalue weighted by Gasteiger charge is 2.63. The van der Waals surface area contributed by atoms with Crippen LogP contribution in [0.25, 0.3) is 0 Å². The fourth-order valence-corrected chi connectivity index (χ4v) is 5.44. The first-order valence-electron chi connectivity index (χ1n) is 10.1. The summed E-state index contributed by atoms with van der Waals surface area (Å²) >= 11 is 6.12. The van der Waals surface area contributed by atoms with Gasteiger partial charge in [-0.1, -0.05) is 23.7 Å². The lowest BCUT2D eigenvalue weighted by molar-refractivity contribution is -0.145. The van der Waals surface area contributed by atoms with Gasteiger partial charge in [0.15, 0.2) is 0 Å². The largest absolute Gasteiger partial charge is 0.462 e. The minimum atomic E-state index is -0.354. The van der Waals surface area contributed by atoms with Gasteiger partial charge in [-0.25, -0.2) is 0 Å². The fraction of sp³-hybridized carbons (Fsp3) is 0.348. The number of nitrogens with one attached hydrogen (secondary N) is 2. The van der Waals surface area contributed by atoms with E-state index in [1.54, 1.807) is 42.5 Å². The molecule has 1 saturated heterocycles. The van der Waals surface area contributed by atoms with E-state index in [-0.39, 0.29) is 47.6 Å². The molecule has 2 aromatic rings. The molecule has 7 heteroatoms. The number of carbonyl (C=O) groups is 3. The summed E-state index contributed by atoms with van der Waals surface area (Å²) in [6.45, 7) is 1.84. The van der Waals surface area contributed by atoms with Crippen molar-refractivity contribution in [2.24, 2.45) is 23.7 Å². The molecule has 2 aliphatic carbocycles. The Morgan fingerprint density at radius 2 is 1.90 bits per heavy atom. The highest BCUT2D eigenvalue weighted by Crippen LogP contribution is 2.57. The van der Waals surface area contributed by atoms with Crippen molar-refractivity contribution in [1.29, 1.82) is 0 Å². The molecular weight excluding hydrogens is 404 g/mol. The number of anilines is 2. The van der Waals surface area contributed by atoms with Gasteiger partial charge in [0.05, 0.1) is 11.8 Å². The van der Waals surface area contributed by atoms with E-state index >= 15 is 0 Å². The molecule has 1 aliphatic heterocycles. The highest BCUT2D eigenvalue weighted by molar-refractivity contribution is 6.31. The number of esters is 1. The molecule has 0 spiro atoms. The van der Waals surface area contributed by atoms with Crippen LogP contribution >= 0.6 is 11.6 Å². The summed E-state index contributed by atoms with van der Waals surface area (Å²) in [6, 6.07) is 12.1. The van der Waals surface area contributed by atoms with Crippen LogP contribution in [-0.4, -0.2) is 23.9 Å². The van der Waals surface area contributed by atoms with Crippen LogP contribution < -0.4 is 10.6 Å². The van der Waals surface area contributed by atoms with Crippen LogP contribution in [-0.2, 0) is 14.3 Å². The van der Waals surface area contributed by atoms with E-state index in [0.717, 1.165) is 18.4 Å². The van der Waals surface area contributed by atoms with Gasteiger partial charge in [0.1, 0.15) is 6.10 Å². The van der Waals surface area contributed by atoms with Gasteiger partial charge in [-0.3, -0.25) is 14.4 Å². The summed E-state index contributed by atoms with van der Waals surface area (Å²) in [5.41, 5.74) is 2.37. The van der Waals surface area contributed by atoms with Crippen LogP contribution in [0.5, 0.6) is 0 Å². The first-order chi connectivity index (χ1) is 14.4. The molecular formula is C23H21ClN2O4. The molecule has 0 radical (unpaired) electrons. The molecule has 30 heavy (non-hydrogen) atoms. The molecule has 3 fully saturated rings. The number of hydrogen-bond acceptors (Lipinski definition) is 4. The topological polar surface area (TPSA) is 84.5 Å². The number of carbonyl (C=O) groups excluding carboxylic acids is 3. The van der Waals surface area contributed by atoms with Crippen molar-refractivity contribution in [3.05, 3.63) is 58.6 Å². The van der Waals surface area contributed by atoms with Crippen LogP contribution in [0.2, 0.25) is 5.02 Å². The Morgan fingerprint density at radius 3 is 2.73 bits per heavy atom. The lowest BCUT2D eigenvalue weighted by Gasteiger charge is -2.23. The Morgan fingerprint density at radius 1 is 1.10 bits per heavy atom. The van der Waals surface area contributed by atoms with Crippen LogP contribution in [0, 0.1) is 30.6 Å². The van der Waals surface area contributed by atoms with E-state index in [9.17, 15) is 14.4 Å². The quantitative estimate of drug-likeness (QED) is 0.725. The summed E-state index contributed by atoms with van der Waals surface area (Å²) in [7, 11) is 0. The van der Waals surface area contributed by atoms with E-state index in [2.05, 4.69) is 10.6 Å². The Hall–Kier alpha value is -2.86. The number of rotatable bonds is 4. The first-order valence-corrected chi connectivity index (χ1v) is 10.5. The molecule has 2 saturated carbocycles. The minimum absolute atomic E-state index is 0.00137. The predicted octanol–water partition coefficient (Wildman–Crippen LogP) is 4.04. The van der Waals surface area contributed by atoms with E-state index < -0.39 is 0 Å². The van der Waals surface area contributed by atoms with Crippen LogP contribution in [0.1, 0.15) is 28.8 Å². The molecule has 0 aromatic heterocycles. The average molecular weight is 425 g/mol. The van der Waals surface area contributed by atoms with Crippen LogP contribution in [0.3, 0.4) is 0 Å². The van der Waals surface area contributed by atoms with Gasteiger partial charge in [-0.2, -0.15) is 0 Å². The molecule has 154 valence electrons. The lowest BCUT2D eigenvalue weighted by Crippen LogP contribution is -2.35. The third kappa shape index (κ3) is 3.06. The summed E-state index contributed by atoms with van der Waals surface area (Å²) < 4.78 is 5.41. The van der Waals surface area contributed by atoms with Gasteiger partial charge in [0.25, 0.3) is 5.91 Å². The van der Waals surface area contributed by atoms with Gasteiger partial charge >= 0.3 is 5.97 Å². The third-order valence-corrected chi connectivity index (χ3v) is 7.10. The Balaban J connectivity index is 1.31. The Bertz CT molecular complexity index is 1070. The van der Waals surface area contributed by atoms with E-state index in [4.69, 9.17) is 16.3 Å². The minimum Gasteiger partial charge on any atom is -0.462 e. The van der Waals surface area contributed by atoms with Gasteiger partial charge in [0.2, 0.25) is 5.91 Å². The number of fused-ring (bicyclic) bond motifs is 1. The molecule has 2 aromatic carbocycles. The summed E-state index contributed by atoms with van der Waals surface area (Å²) in [5, 5.41) is 6.34. The van der Waals surface area contributed by atoms with Crippen molar-refractivity contribution in [3.8, 4) is 0 Å². The zero-order valence-corrected chi connectivity index (χ0v) is 17.1. The third-order valence-electron chi connectivity index (χ3n) is 6.69. The maximum absolute atomic E-state index is 13.0. The smallest absolute Gasteiger partial charge is 0.310 e. The standard InChI is InChI=1S/C23H21ClN2O4/c1-11-16(24)6-3-7-17(11)26-21(27)12-4-2-5-14(8-12)25-22(28)19-13-9-15-18(10-13)30-23(29)20(15)19/h2-8,13,15,18-20H,9-10H2,1H3,(H,25,28)(H,26,27)/t13-,15+,18+,19-,20-/m1/s1. The molecule has 0 unspecified atom stereocenters. The summed E-state index contributed by atoms with van der Waals surface area (Å²) in [4.78, 5) is 37.8. The second kappa shape index (κ2) is 7.13. The van der Waals surface area contributed by atoms with E-state index in [1.165, 1.54) is 0 Å². The van der Waals surface area contributed by atoms with Gasteiger partial charge in [-0.15, -0.1) is 0 Å². The Labute approximate surface area is 178 Å². The number of amides is 2. The molecule has 1 heterocycles. The van der Waals surface area contributed by atoms with Crippen molar-refractivity contribution in [1.82, 2.24) is 0 Å². The van der Waals surface area contributed by atoms with Gasteiger partial charge in [0, 0.05) is 27.9 Å². The van der Waals surface area contributed by atoms with Crippen molar-refractivity contribution < 1.29 is 19.1 Å². The van der Waals surface area contributed by atoms with E-state index in [1.807, 2.05) is 6.92 Å². The first kappa shape index (κ1) is 19.1. The number of ether oxygens (including phenoxy) is 1. The summed E-state index contributed by atoms with van der Waals surface area (Å²) in [6.07, 6.45) is 1.64. The zero-order chi connectivity index (χ0) is 21.0. The van der Waals surface area contributed by atoms with Gasteiger partial charge < -0.3 is 15.4 Å². The predicted molar refractivity (Wildman–Crippen MR) is 112 cm³/mol. The van der Waals surface area contributed by atoms with Crippen molar-refractivity contribution in [2.45, 2.75) is 25.9 Å². The van der Waals surface area contributed by atoms with Gasteiger partial charge in [-0.05, 0) is 61.6 Å². The molecule has 5 atom stereocenters. The van der Waals surface area contributed by atoms with E-state index in [0.29, 0.717) is 22.0 Å². The summed E-state index contributed by atoms with van der Waals surface area (Å²) in [5.74, 6) is -1.02. The second-order valence-corrected chi connectivity index (χ2v) is 8.77. The van der Waals surface area contributed by atoms with Crippen molar-refractivity contribution in [3.63, 3.8) is 0 Å². The normalized spacial score (nSPS) is 28.3. The average Bonchev–Trinajstić information content (AvgIpc) is 3.34. The molecule has 2 N–H and O–H groups in total. The van der Waals surface area contributed by atoms with Crippen molar-refractivity contribution in [2.75, 3.05) is 10.6 Å². The fourth-order valence-electron chi connectivity index (χ4n) is 5.26. The molecule has 3 aliphatic rings. The SMILES string of the molecule is Cc1c(Cl)cccc1NC(=O)c1cccc(NC(=O)[C@@H]2[C@@H]3C[C@@H]4[C@H]2C(=O)O[C@H]4C3)c1. The maximum Gasteiger partial charge on any atom is 0.310 e. The molecule has 2 bridgehead atoms. The maximum atomic E-state index is 13.0. The monoisotopic (exact) mass is 424 g/mol. The zero-order valence-electron chi connectivity index (χ0n) is 16.4. The second-order valence-electron chi connectivity index (χ2n) is 8.36. The highest BCUT2D eigenvalue weighted by atomic mass is 35.5. The Kier molecular flexibility index (Phi) is 4.54. The molecule has 6 nitrogen and oxygen atoms in total. The molecule has 2 amide bonds. The van der Waals surface area contributed by atoms with Crippen LogP contribution in [0.4, 0.5) is 11.4 Å². The number of hydrogen-bond donors (Lipinski definition) is 2. The lowest BCUT2D eigenvalue weighted by atomic mass is 9.79. The number of benzene rings is 2.